The fourth-order valence-corrected chi connectivity index (χ4v) is 2.85. The second-order valence-electron chi connectivity index (χ2n) is 5.66. The molecule has 1 heterocycles. The molecule has 26 heavy (non-hydrogen) atoms. The van der Waals surface area contributed by atoms with Crippen molar-refractivity contribution in [3.05, 3.63) is 46.2 Å². The van der Waals surface area contributed by atoms with Crippen molar-refractivity contribution in [3.63, 3.8) is 0 Å². The summed E-state index contributed by atoms with van der Waals surface area (Å²) in [4.78, 5) is 20.5. The van der Waals surface area contributed by atoms with Gasteiger partial charge in [-0.1, -0.05) is 13.8 Å². The Bertz CT molecular complexity index is 733. The topological polar surface area (TPSA) is 78.4 Å². The Labute approximate surface area is 173 Å². The highest BCUT2D eigenvalue weighted by Gasteiger charge is 2.08. The number of aliphatic imine (C=N–C) groups is 1. The van der Waals surface area contributed by atoms with E-state index in [1.807, 2.05) is 5.38 Å². The maximum Gasteiger partial charge on any atom is 0.243 e. The van der Waals surface area contributed by atoms with Gasteiger partial charge in [0.05, 0.1) is 18.8 Å². The van der Waals surface area contributed by atoms with Gasteiger partial charge < -0.3 is 16.0 Å². The molecule has 0 aliphatic heterocycles. The van der Waals surface area contributed by atoms with Crippen LogP contribution in [0.3, 0.4) is 0 Å². The molecular formula is C17H23FIN5OS. The summed E-state index contributed by atoms with van der Waals surface area (Å²) in [7, 11) is 1.63. The number of benzene rings is 1. The van der Waals surface area contributed by atoms with Gasteiger partial charge in [0.2, 0.25) is 5.91 Å². The molecule has 9 heteroatoms. The summed E-state index contributed by atoms with van der Waals surface area (Å²) in [6, 6.07) is 5.61. The number of hydrogen-bond donors (Lipinski definition) is 3. The summed E-state index contributed by atoms with van der Waals surface area (Å²) in [6.45, 7) is 4.79. The highest BCUT2D eigenvalue weighted by atomic mass is 127. The number of guanidine groups is 1. The number of nitrogens with one attached hydrogen (secondary N) is 3. The minimum atomic E-state index is -0.344. The fourth-order valence-electron chi connectivity index (χ4n) is 1.95. The number of halogens is 2. The van der Waals surface area contributed by atoms with Crippen molar-refractivity contribution >= 4 is 52.9 Å². The molecular weight excluding hydrogens is 468 g/mol. The normalized spacial score (nSPS) is 11.0. The second kappa shape index (κ2) is 11.1. The van der Waals surface area contributed by atoms with Crippen molar-refractivity contribution in [3.8, 4) is 0 Å². The molecule has 1 aromatic carbocycles. The average molecular weight is 491 g/mol. The van der Waals surface area contributed by atoms with Crippen LogP contribution in [0.1, 0.15) is 30.5 Å². The average Bonchev–Trinajstić information content (AvgIpc) is 3.06. The van der Waals surface area contributed by atoms with E-state index in [2.05, 4.69) is 39.8 Å². The number of carbonyl (C=O) groups is 1. The van der Waals surface area contributed by atoms with Crippen LogP contribution in [0.5, 0.6) is 0 Å². The Kier molecular flexibility index (Phi) is 9.49. The monoisotopic (exact) mass is 491 g/mol. The molecule has 0 unspecified atom stereocenters. The Morgan fingerprint density at radius 3 is 2.54 bits per heavy atom. The van der Waals surface area contributed by atoms with Crippen LogP contribution in [0, 0.1) is 5.82 Å². The summed E-state index contributed by atoms with van der Waals surface area (Å²) in [6.07, 6.45) is 0. The molecule has 1 aromatic heterocycles. The fraction of sp³-hybridized carbons (Fsp3) is 0.353. The third kappa shape index (κ3) is 7.24. The maximum absolute atomic E-state index is 12.8. The van der Waals surface area contributed by atoms with Gasteiger partial charge in [-0.25, -0.2) is 9.37 Å². The molecule has 142 valence electrons. The molecule has 2 aromatic rings. The van der Waals surface area contributed by atoms with Gasteiger partial charge in [-0.3, -0.25) is 9.79 Å². The third-order valence-corrected chi connectivity index (χ3v) is 4.20. The molecule has 0 saturated carbocycles. The number of aromatic nitrogens is 1. The van der Waals surface area contributed by atoms with Gasteiger partial charge in [0.25, 0.3) is 0 Å². The van der Waals surface area contributed by atoms with Gasteiger partial charge in [0.15, 0.2) is 5.96 Å². The smallest absolute Gasteiger partial charge is 0.243 e. The first-order valence-electron chi connectivity index (χ1n) is 7.92. The largest absolute Gasteiger partial charge is 0.350 e. The number of rotatable bonds is 6. The molecule has 1 amide bonds. The zero-order valence-electron chi connectivity index (χ0n) is 14.9. The maximum atomic E-state index is 12.8. The lowest BCUT2D eigenvalue weighted by Gasteiger charge is -2.11. The first-order chi connectivity index (χ1) is 12.0. The highest BCUT2D eigenvalue weighted by molar-refractivity contribution is 14.0. The molecule has 0 atom stereocenters. The standard InChI is InChI=1S/C17H22FN5OS.HI/c1-11(2)14-10-25-16(23-14)9-21-17(19-3)20-8-15(24)22-13-6-4-12(18)5-7-13;/h4-7,10-11H,8-9H2,1-3H3,(H,22,24)(H2,19,20,21);1H. The first kappa shape index (κ1) is 22.3. The molecule has 0 bridgehead atoms. The predicted octanol–water partition coefficient (Wildman–Crippen LogP) is 3.33. The molecule has 0 radical (unpaired) electrons. The van der Waals surface area contributed by atoms with Gasteiger partial charge in [0.1, 0.15) is 10.8 Å². The number of anilines is 1. The van der Waals surface area contributed by atoms with Crippen molar-refractivity contribution in [1.82, 2.24) is 15.6 Å². The molecule has 3 N–H and O–H groups in total. The molecule has 0 fully saturated rings. The van der Waals surface area contributed by atoms with Crippen LogP contribution in [0.2, 0.25) is 0 Å². The number of thiazole rings is 1. The lowest BCUT2D eigenvalue weighted by atomic mass is 10.2. The van der Waals surface area contributed by atoms with Crippen molar-refractivity contribution in [2.24, 2.45) is 4.99 Å². The third-order valence-electron chi connectivity index (χ3n) is 3.34. The van der Waals surface area contributed by atoms with Gasteiger partial charge in [-0.05, 0) is 30.2 Å². The van der Waals surface area contributed by atoms with E-state index in [1.165, 1.54) is 24.3 Å². The molecule has 0 spiro atoms. The van der Waals surface area contributed by atoms with Gasteiger partial charge in [0, 0.05) is 18.1 Å². The zero-order chi connectivity index (χ0) is 18.2. The quantitative estimate of drug-likeness (QED) is 0.329. The van der Waals surface area contributed by atoms with E-state index >= 15 is 0 Å². The van der Waals surface area contributed by atoms with Crippen LogP contribution in [0.25, 0.3) is 0 Å². The minimum Gasteiger partial charge on any atom is -0.350 e. The lowest BCUT2D eigenvalue weighted by Crippen LogP contribution is -2.41. The van der Waals surface area contributed by atoms with E-state index in [0.717, 1.165) is 10.7 Å². The summed E-state index contributed by atoms with van der Waals surface area (Å²) in [5, 5.41) is 11.7. The molecule has 0 aliphatic rings. The first-order valence-corrected chi connectivity index (χ1v) is 8.80. The molecule has 0 saturated heterocycles. The van der Waals surface area contributed by atoms with Crippen LogP contribution in [-0.4, -0.2) is 30.4 Å². The van der Waals surface area contributed by atoms with Crippen LogP contribution < -0.4 is 16.0 Å². The van der Waals surface area contributed by atoms with Crippen molar-refractivity contribution < 1.29 is 9.18 Å². The van der Waals surface area contributed by atoms with Gasteiger partial charge in [-0.15, -0.1) is 35.3 Å². The van der Waals surface area contributed by atoms with Crippen LogP contribution in [0.4, 0.5) is 10.1 Å². The number of nitrogens with zero attached hydrogens (tertiary/aromatic N) is 2. The summed E-state index contributed by atoms with van der Waals surface area (Å²) in [5.41, 5.74) is 1.61. The van der Waals surface area contributed by atoms with Crippen molar-refractivity contribution in [1.29, 1.82) is 0 Å². The second-order valence-corrected chi connectivity index (χ2v) is 6.60. The van der Waals surface area contributed by atoms with E-state index in [-0.39, 0.29) is 42.2 Å². The summed E-state index contributed by atoms with van der Waals surface area (Å²) < 4.78 is 12.8. The Morgan fingerprint density at radius 1 is 1.27 bits per heavy atom. The van der Waals surface area contributed by atoms with Crippen molar-refractivity contribution in [2.75, 3.05) is 18.9 Å². The number of hydrogen-bond acceptors (Lipinski definition) is 4. The minimum absolute atomic E-state index is 0. The van der Waals surface area contributed by atoms with E-state index in [4.69, 9.17) is 0 Å². The molecule has 0 aliphatic carbocycles. The van der Waals surface area contributed by atoms with E-state index in [0.29, 0.717) is 24.1 Å². The number of carbonyl (C=O) groups excluding carboxylic acids is 1. The molecule has 6 nitrogen and oxygen atoms in total. The summed E-state index contributed by atoms with van der Waals surface area (Å²) >= 11 is 1.59. The Balaban J connectivity index is 0.00000338. The van der Waals surface area contributed by atoms with E-state index in [1.54, 1.807) is 18.4 Å². The molecule has 2 rings (SSSR count). The SMILES string of the molecule is CN=C(NCC(=O)Nc1ccc(F)cc1)NCc1nc(C(C)C)cs1.I. The van der Waals surface area contributed by atoms with Gasteiger partial charge >= 0.3 is 0 Å². The highest BCUT2D eigenvalue weighted by Crippen LogP contribution is 2.17. The summed E-state index contributed by atoms with van der Waals surface area (Å²) in [5.74, 6) is 0.322. The van der Waals surface area contributed by atoms with E-state index in [9.17, 15) is 9.18 Å². The van der Waals surface area contributed by atoms with Crippen LogP contribution >= 0.6 is 35.3 Å². The van der Waals surface area contributed by atoms with Crippen molar-refractivity contribution in [2.45, 2.75) is 26.3 Å². The Morgan fingerprint density at radius 2 is 1.96 bits per heavy atom. The lowest BCUT2D eigenvalue weighted by molar-refractivity contribution is -0.115. The Hall–Kier alpha value is -1.75. The number of amides is 1. The predicted molar refractivity (Wildman–Crippen MR) is 115 cm³/mol. The van der Waals surface area contributed by atoms with Crippen LogP contribution in [-0.2, 0) is 11.3 Å². The van der Waals surface area contributed by atoms with E-state index < -0.39 is 0 Å². The van der Waals surface area contributed by atoms with Crippen LogP contribution in [0.15, 0.2) is 34.6 Å². The zero-order valence-corrected chi connectivity index (χ0v) is 18.0. The van der Waals surface area contributed by atoms with Gasteiger partial charge in [-0.2, -0.15) is 0 Å².